The van der Waals surface area contributed by atoms with Crippen molar-refractivity contribution in [1.29, 1.82) is 0 Å². The van der Waals surface area contributed by atoms with Gasteiger partial charge in [-0.3, -0.25) is 4.79 Å². The van der Waals surface area contributed by atoms with Crippen LogP contribution in [0.4, 0.5) is 5.69 Å². The van der Waals surface area contributed by atoms with E-state index in [4.69, 9.17) is 10.5 Å². The fraction of sp³-hybridized carbons (Fsp3) is 0.500. The zero-order valence-corrected chi connectivity index (χ0v) is 11.3. The minimum atomic E-state index is -0.275. The minimum absolute atomic E-state index is 0.0911. The molecule has 1 unspecified atom stereocenters. The maximum Gasteiger partial charge on any atom is 0.254 e. The van der Waals surface area contributed by atoms with Crippen LogP contribution in [0, 0.1) is 13.8 Å². The van der Waals surface area contributed by atoms with E-state index in [1.54, 1.807) is 11.0 Å². The number of aryl methyl sites for hydroxylation is 2. The molecule has 0 spiro atoms. The smallest absolute Gasteiger partial charge is 0.254 e. The van der Waals surface area contributed by atoms with E-state index in [-0.39, 0.29) is 18.6 Å². The first-order valence-corrected chi connectivity index (χ1v) is 6.41. The van der Waals surface area contributed by atoms with Crippen LogP contribution in [0.2, 0.25) is 0 Å². The lowest BCUT2D eigenvalue weighted by Gasteiger charge is -2.34. The lowest BCUT2D eigenvalue weighted by Crippen LogP contribution is -2.50. The minimum Gasteiger partial charge on any atom is -0.398 e. The number of nitrogen functional groups attached to an aromatic ring is 1. The molecule has 104 valence electrons. The molecular weight excluding hydrogens is 244 g/mol. The Balaban J connectivity index is 2.30. The molecule has 1 fully saturated rings. The Kier molecular flexibility index (Phi) is 4.07. The Bertz CT molecular complexity index is 488. The van der Waals surface area contributed by atoms with Crippen LogP contribution in [0.5, 0.6) is 0 Å². The topological polar surface area (TPSA) is 75.8 Å². The third kappa shape index (κ3) is 2.72. The Morgan fingerprint density at radius 1 is 1.47 bits per heavy atom. The molecule has 0 radical (unpaired) electrons. The molecule has 1 saturated heterocycles. The summed E-state index contributed by atoms with van der Waals surface area (Å²) < 4.78 is 5.28. The van der Waals surface area contributed by atoms with Crippen molar-refractivity contribution >= 4 is 11.6 Å². The van der Waals surface area contributed by atoms with Crippen LogP contribution in [0.3, 0.4) is 0 Å². The molecule has 0 aliphatic carbocycles. The summed E-state index contributed by atoms with van der Waals surface area (Å²) in [6, 6.07) is 3.36. The molecule has 5 heteroatoms. The fourth-order valence-electron chi connectivity index (χ4n) is 2.33. The molecule has 1 aromatic carbocycles. The van der Waals surface area contributed by atoms with Crippen LogP contribution in [0.15, 0.2) is 12.1 Å². The van der Waals surface area contributed by atoms with E-state index >= 15 is 0 Å². The van der Waals surface area contributed by atoms with Crippen molar-refractivity contribution in [1.82, 2.24) is 4.90 Å². The second-order valence-electron chi connectivity index (χ2n) is 4.93. The Hall–Kier alpha value is -1.59. The highest BCUT2D eigenvalue weighted by Crippen LogP contribution is 2.21. The van der Waals surface area contributed by atoms with E-state index < -0.39 is 0 Å². The van der Waals surface area contributed by atoms with Gasteiger partial charge in [0, 0.05) is 17.8 Å². The molecule has 0 aromatic heterocycles. The van der Waals surface area contributed by atoms with Crippen molar-refractivity contribution in [2.45, 2.75) is 19.9 Å². The first-order chi connectivity index (χ1) is 9.04. The molecule has 0 saturated carbocycles. The van der Waals surface area contributed by atoms with Crippen LogP contribution in [0.25, 0.3) is 0 Å². The second-order valence-corrected chi connectivity index (χ2v) is 4.93. The monoisotopic (exact) mass is 264 g/mol. The van der Waals surface area contributed by atoms with Crippen molar-refractivity contribution in [2.75, 3.05) is 32.1 Å². The van der Waals surface area contributed by atoms with Gasteiger partial charge >= 0.3 is 0 Å². The van der Waals surface area contributed by atoms with Crippen molar-refractivity contribution < 1.29 is 14.6 Å². The number of anilines is 1. The average Bonchev–Trinajstić information content (AvgIpc) is 2.42. The maximum absolute atomic E-state index is 12.6. The molecule has 1 aliphatic heterocycles. The van der Waals surface area contributed by atoms with E-state index in [0.717, 1.165) is 11.1 Å². The fourth-order valence-corrected chi connectivity index (χ4v) is 2.33. The van der Waals surface area contributed by atoms with Gasteiger partial charge in [-0.2, -0.15) is 0 Å². The number of nitrogens with zero attached hydrogens (tertiary/aromatic N) is 1. The van der Waals surface area contributed by atoms with Gasteiger partial charge in [0.25, 0.3) is 5.91 Å². The first kappa shape index (κ1) is 13.8. The molecule has 1 aliphatic rings. The largest absolute Gasteiger partial charge is 0.398 e. The van der Waals surface area contributed by atoms with Crippen molar-refractivity contribution in [3.05, 3.63) is 28.8 Å². The molecule has 1 atom stereocenters. The summed E-state index contributed by atoms with van der Waals surface area (Å²) in [5, 5.41) is 9.33. The lowest BCUT2D eigenvalue weighted by molar-refractivity contribution is -0.0184. The number of aliphatic hydroxyl groups is 1. The summed E-state index contributed by atoms with van der Waals surface area (Å²) in [4.78, 5) is 14.2. The van der Waals surface area contributed by atoms with Gasteiger partial charge in [-0.25, -0.2) is 0 Å². The molecule has 0 bridgehead atoms. The van der Waals surface area contributed by atoms with E-state index in [0.29, 0.717) is 31.0 Å². The van der Waals surface area contributed by atoms with Crippen molar-refractivity contribution in [2.24, 2.45) is 0 Å². The maximum atomic E-state index is 12.6. The zero-order chi connectivity index (χ0) is 14.0. The summed E-state index contributed by atoms with van der Waals surface area (Å²) in [5.41, 5.74) is 8.96. The third-order valence-corrected chi connectivity index (χ3v) is 3.54. The predicted octanol–water partition coefficient (Wildman–Crippen LogP) is 0.719. The number of hydrogen-bond acceptors (Lipinski definition) is 4. The number of carbonyl (C=O) groups excluding carboxylic acids is 1. The summed E-state index contributed by atoms with van der Waals surface area (Å²) in [5.74, 6) is -0.0912. The number of ether oxygens (including phenoxy) is 1. The predicted molar refractivity (Wildman–Crippen MR) is 73.1 cm³/mol. The van der Waals surface area contributed by atoms with Gasteiger partial charge in [-0.1, -0.05) is 6.07 Å². The molecule has 19 heavy (non-hydrogen) atoms. The molecule has 5 nitrogen and oxygen atoms in total. The molecule has 1 aromatic rings. The van der Waals surface area contributed by atoms with Gasteiger partial charge in [0.2, 0.25) is 0 Å². The number of amides is 1. The van der Waals surface area contributed by atoms with E-state index in [1.807, 2.05) is 19.9 Å². The quantitative estimate of drug-likeness (QED) is 0.772. The average molecular weight is 264 g/mol. The van der Waals surface area contributed by atoms with Crippen molar-refractivity contribution in [3.8, 4) is 0 Å². The molecular formula is C14H20N2O3. The number of rotatable bonds is 2. The second kappa shape index (κ2) is 5.59. The van der Waals surface area contributed by atoms with Crippen molar-refractivity contribution in [3.63, 3.8) is 0 Å². The molecule has 1 heterocycles. The van der Waals surface area contributed by atoms with Crippen LogP contribution < -0.4 is 5.73 Å². The highest BCUT2D eigenvalue weighted by molar-refractivity contribution is 5.97. The summed E-state index contributed by atoms with van der Waals surface area (Å²) in [6.07, 6.45) is 0. The Morgan fingerprint density at radius 2 is 2.21 bits per heavy atom. The van der Waals surface area contributed by atoms with Crippen LogP contribution in [-0.2, 0) is 4.74 Å². The van der Waals surface area contributed by atoms with Crippen LogP contribution in [0.1, 0.15) is 21.5 Å². The van der Waals surface area contributed by atoms with Crippen LogP contribution >= 0.6 is 0 Å². The highest BCUT2D eigenvalue weighted by Gasteiger charge is 2.28. The zero-order valence-electron chi connectivity index (χ0n) is 11.3. The molecule has 2 rings (SSSR count). The number of morpholine rings is 1. The van der Waals surface area contributed by atoms with E-state index in [1.165, 1.54) is 0 Å². The highest BCUT2D eigenvalue weighted by atomic mass is 16.5. The number of nitrogens with two attached hydrogens (primary N) is 1. The summed E-state index contributed by atoms with van der Waals surface area (Å²) in [7, 11) is 0. The SMILES string of the molecule is Cc1cc(C)c(C(=O)N2CCOCC2CO)cc1N. The number of carbonyl (C=O) groups is 1. The number of benzene rings is 1. The van der Waals surface area contributed by atoms with Gasteiger partial charge < -0.3 is 20.5 Å². The van der Waals surface area contributed by atoms with Gasteiger partial charge in [0.05, 0.1) is 25.9 Å². The van der Waals surface area contributed by atoms with E-state index in [2.05, 4.69) is 0 Å². The number of aliphatic hydroxyl groups excluding tert-OH is 1. The summed E-state index contributed by atoms with van der Waals surface area (Å²) >= 11 is 0. The van der Waals surface area contributed by atoms with E-state index in [9.17, 15) is 9.90 Å². The third-order valence-electron chi connectivity index (χ3n) is 3.54. The lowest BCUT2D eigenvalue weighted by atomic mass is 10.0. The van der Waals surface area contributed by atoms with Crippen LogP contribution in [-0.4, -0.2) is 48.3 Å². The molecule has 1 amide bonds. The van der Waals surface area contributed by atoms with Gasteiger partial charge in [0.15, 0.2) is 0 Å². The summed E-state index contributed by atoms with van der Waals surface area (Å²) in [6.45, 7) is 5.10. The Labute approximate surface area is 113 Å². The standard InChI is InChI=1S/C14H20N2O3/c1-9-5-10(2)13(15)6-12(9)14(18)16-3-4-19-8-11(16)7-17/h5-6,11,17H,3-4,7-8,15H2,1-2H3. The Morgan fingerprint density at radius 3 is 2.89 bits per heavy atom. The first-order valence-electron chi connectivity index (χ1n) is 6.41. The van der Waals surface area contributed by atoms with Gasteiger partial charge in [0.1, 0.15) is 0 Å². The normalized spacial score (nSPS) is 19.5. The number of hydrogen-bond donors (Lipinski definition) is 2. The van der Waals surface area contributed by atoms with Gasteiger partial charge in [-0.05, 0) is 31.0 Å². The molecule has 3 N–H and O–H groups in total. The van der Waals surface area contributed by atoms with Gasteiger partial charge in [-0.15, -0.1) is 0 Å².